The molecule has 1 fully saturated rings. The lowest BCUT2D eigenvalue weighted by Crippen LogP contribution is -2.42. The number of amides is 3. The lowest BCUT2D eigenvalue weighted by atomic mass is 10.2. The fourth-order valence-corrected chi connectivity index (χ4v) is 2.83. The zero-order valence-corrected chi connectivity index (χ0v) is 14.2. The van der Waals surface area contributed by atoms with Gasteiger partial charge < -0.3 is 14.8 Å². The minimum absolute atomic E-state index is 0.127. The number of methoxy groups -OCH3 is 2. The molecule has 0 bridgehead atoms. The molecule has 1 heterocycles. The molecule has 1 aliphatic rings. The summed E-state index contributed by atoms with van der Waals surface area (Å²) in [6, 6.07) is 9.20. The maximum absolute atomic E-state index is 12.3. The first kappa shape index (κ1) is 18.2. The van der Waals surface area contributed by atoms with Crippen LogP contribution in [-0.2, 0) is 19.1 Å². The fourth-order valence-electron chi connectivity index (χ4n) is 2.00. The van der Waals surface area contributed by atoms with E-state index < -0.39 is 23.3 Å². The zero-order chi connectivity index (χ0) is 17.5. The molecule has 1 saturated heterocycles. The minimum Gasteiger partial charge on any atom is -0.354 e. The SMILES string of the molecule is COC(CNC(=O)CN1C(=O)S/C(=C/c2ccccc2)C1=O)OC. The van der Waals surface area contributed by atoms with Crippen LogP contribution in [0.5, 0.6) is 0 Å². The van der Waals surface area contributed by atoms with Crippen molar-refractivity contribution in [3.8, 4) is 0 Å². The van der Waals surface area contributed by atoms with E-state index >= 15 is 0 Å². The summed E-state index contributed by atoms with van der Waals surface area (Å²) < 4.78 is 9.90. The molecule has 0 unspecified atom stereocenters. The van der Waals surface area contributed by atoms with Gasteiger partial charge in [0.05, 0.1) is 11.4 Å². The second kappa shape index (κ2) is 8.62. The number of nitrogens with zero attached hydrogens (tertiary/aromatic N) is 1. The normalized spacial score (nSPS) is 16.3. The molecular formula is C16H18N2O5S. The number of rotatable bonds is 7. The van der Waals surface area contributed by atoms with E-state index in [1.165, 1.54) is 14.2 Å². The molecular weight excluding hydrogens is 332 g/mol. The molecule has 0 atom stereocenters. The van der Waals surface area contributed by atoms with E-state index in [0.717, 1.165) is 22.2 Å². The summed E-state index contributed by atoms with van der Waals surface area (Å²) in [5.41, 5.74) is 0.815. The van der Waals surface area contributed by atoms with Crippen molar-refractivity contribution < 1.29 is 23.9 Å². The predicted octanol–water partition coefficient (Wildman–Crippen LogP) is 1.46. The molecule has 8 heteroatoms. The van der Waals surface area contributed by atoms with Crippen molar-refractivity contribution in [1.29, 1.82) is 0 Å². The van der Waals surface area contributed by atoms with Crippen molar-refractivity contribution in [2.24, 2.45) is 0 Å². The highest BCUT2D eigenvalue weighted by Crippen LogP contribution is 2.31. The topological polar surface area (TPSA) is 84.9 Å². The van der Waals surface area contributed by atoms with Crippen LogP contribution in [0.15, 0.2) is 35.2 Å². The van der Waals surface area contributed by atoms with Crippen molar-refractivity contribution in [1.82, 2.24) is 10.2 Å². The number of carbonyl (C=O) groups excluding carboxylic acids is 3. The first-order valence-electron chi connectivity index (χ1n) is 7.18. The molecule has 128 valence electrons. The van der Waals surface area contributed by atoms with Gasteiger partial charge in [-0.25, -0.2) is 0 Å². The second-order valence-electron chi connectivity index (χ2n) is 4.88. The highest BCUT2D eigenvalue weighted by Gasteiger charge is 2.36. The average molecular weight is 350 g/mol. The number of hydrogen-bond acceptors (Lipinski definition) is 6. The van der Waals surface area contributed by atoms with Crippen molar-refractivity contribution in [3.05, 3.63) is 40.8 Å². The second-order valence-corrected chi connectivity index (χ2v) is 5.88. The van der Waals surface area contributed by atoms with Gasteiger partial charge in [-0.3, -0.25) is 19.3 Å². The number of ether oxygens (including phenoxy) is 2. The summed E-state index contributed by atoms with van der Waals surface area (Å²) in [5.74, 6) is -0.934. The maximum atomic E-state index is 12.3. The van der Waals surface area contributed by atoms with Crippen LogP contribution < -0.4 is 5.32 Å². The number of hydrogen-bond donors (Lipinski definition) is 1. The van der Waals surface area contributed by atoms with Crippen LogP contribution in [0.3, 0.4) is 0 Å². The lowest BCUT2D eigenvalue weighted by Gasteiger charge is -2.16. The molecule has 1 aromatic carbocycles. The van der Waals surface area contributed by atoms with Gasteiger partial charge >= 0.3 is 0 Å². The van der Waals surface area contributed by atoms with E-state index in [4.69, 9.17) is 9.47 Å². The summed E-state index contributed by atoms with van der Waals surface area (Å²) in [4.78, 5) is 37.4. The monoisotopic (exact) mass is 350 g/mol. The number of thioether (sulfide) groups is 1. The van der Waals surface area contributed by atoms with Crippen molar-refractivity contribution >= 4 is 34.9 Å². The van der Waals surface area contributed by atoms with Gasteiger partial charge in [0.15, 0.2) is 6.29 Å². The summed E-state index contributed by atoms with van der Waals surface area (Å²) in [5, 5.41) is 2.09. The van der Waals surface area contributed by atoms with Crippen LogP contribution in [0.25, 0.3) is 6.08 Å². The molecule has 0 saturated carbocycles. The van der Waals surface area contributed by atoms with E-state index in [1.54, 1.807) is 6.08 Å². The Bertz CT molecular complexity index is 643. The molecule has 0 aromatic heterocycles. The van der Waals surface area contributed by atoms with Gasteiger partial charge in [-0.2, -0.15) is 0 Å². The third kappa shape index (κ3) is 4.67. The number of imide groups is 1. The molecule has 24 heavy (non-hydrogen) atoms. The van der Waals surface area contributed by atoms with Crippen molar-refractivity contribution in [3.63, 3.8) is 0 Å². The van der Waals surface area contributed by atoms with Crippen molar-refractivity contribution in [2.45, 2.75) is 6.29 Å². The van der Waals surface area contributed by atoms with Crippen molar-refractivity contribution in [2.75, 3.05) is 27.3 Å². The smallest absolute Gasteiger partial charge is 0.294 e. The molecule has 7 nitrogen and oxygen atoms in total. The van der Waals surface area contributed by atoms with E-state index in [2.05, 4.69) is 5.32 Å². The Balaban J connectivity index is 1.97. The van der Waals surface area contributed by atoms with Gasteiger partial charge in [-0.05, 0) is 23.4 Å². The highest BCUT2D eigenvalue weighted by atomic mass is 32.2. The molecule has 0 aliphatic carbocycles. The quantitative estimate of drug-likeness (QED) is 0.592. The molecule has 2 rings (SSSR count). The molecule has 1 aliphatic heterocycles. The van der Waals surface area contributed by atoms with Gasteiger partial charge in [-0.1, -0.05) is 30.3 Å². The molecule has 0 spiro atoms. The van der Waals surface area contributed by atoms with Crippen LogP contribution >= 0.6 is 11.8 Å². The zero-order valence-electron chi connectivity index (χ0n) is 13.4. The first-order chi connectivity index (χ1) is 11.5. The van der Waals surface area contributed by atoms with Crippen LogP contribution in [-0.4, -0.2) is 55.6 Å². The molecule has 1 N–H and O–H groups in total. The highest BCUT2D eigenvalue weighted by molar-refractivity contribution is 8.18. The standard InChI is InChI=1S/C16H18N2O5S/c1-22-14(23-2)9-17-13(19)10-18-15(20)12(24-16(18)21)8-11-6-4-3-5-7-11/h3-8,14H,9-10H2,1-2H3,(H,17,19)/b12-8+. The Labute approximate surface area is 144 Å². The minimum atomic E-state index is -0.582. The van der Waals surface area contributed by atoms with Crippen LogP contribution in [0, 0.1) is 0 Å². The third-order valence-corrected chi connectivity index (χ3v) is 4.17. The fraction of sp³-hybridized carbons (Fsp3) is 0.312. The largest absolute Gasteiger partial charge is 0.354 e. The van der Waals surface area contributed by atoms with Gasteiger partial charge in [0.2, 0.25) is 5.91 Å². The Morgan fingerprint density at radius 3 is 2.54 bits per heavy atom. The first-order valence-corrected chi connectivity index (χ1v) is 7.99. The van der Waals surface area contributed by atoms with E-state index in [1.807, 2.05) is 30.3 Å². The molecule has 1 aromatic rings. The number of nitrogens with one attached hydrogen (secondary N) is 1. The van der Waals surface area contributed by atoms with Crippen LogP contribution in [0.4, 0.5) is 4.79 Å². The summed E-state index contributed by atoms with van der Waals surface area (Å²) in [7, 11) is 2.90. The Morgan fingerprint density at radius 2 is 1.92 bits per heavy atom. The lowest BCUT2D eigenvalue weighted by molar-refractivity contribution is -0.132. The summed E-state index contributed by atoms with van der Waals surface area (Å²) in [6.45, 7) is -0.209. The number of benzene rings is 1. The maximum Gasteiger partial charge on any atom is 0.294 e. The summed E-state index contributed by atoms with van der Waals surface area (Å²) >= 11 is 0.821. The van der Waals surface area contributed by atoms with Gasteiger partial charge in [-0.15, -0.1) is 0 Å². The van der Waals surface area contributed by atoms with E-state index in [0.29, 0.717) is 4.91 Å². The third-order valence-electron chi connectivity index (χ3n) is 3.26. The molecule has 3 amide bonds. The van der Waals surface area contributed by atoms with E-state index in [9.17, 15) is 14.4 Å². The summed E-state index contributed by atoms with van der Waals surface area (Å²) in [6.07, 6.45) is 1.05. The Kier molecular flexibility index (Phi) is 6.53. The van der Waals surface area contributed by atoms with Gasteiger partial charge in [0.1, 0.15) is 6.54 Å². The van der Waals surface area contributed by atoms with Gasteiger partial charge in [0, 0.05) is 14.2 Å². The Morgan fingerprint density at radius 1 is 1.25 bits per heavy atom. The average Bonchev–Trinajstić information content (AvgIpc) is 2.84. The Hall–Kier alpha value is -2.16. The number of carbonyl (C=O) groups is 3. The van der Waals surface area contributed by atoms with Crippen LogP contribution in [0.2, 0.25) is 0 Å². The van der Waals surface area contributed by atoms with Gasteiger partial charge in [0.25, 0.3) is 11.1 Å². The predicted molar refractivity (Wildman–Crippen MR) is 89.9 cm³/mol. The molecule has 0 radical (unpaired) electrons. The van der Waals surface area contributed by atoms with E-state index in [-0.39, 0.29) is 13.1 Å². The van der Waals surface area contributed by atoms with Crippen LogP contribution in [0.1, 0.15) is 5.56 Å².